The minimum absolute atomic E-state index is 0.00775. The van der Waals surface area contributed by atoms with E-state index in [2.05, 4.69) is 4.74 Å². The van der Waals surface area contributed by atoms with E-state index in [4.69, 9.17) is 4.42 Å². The fourth-order valence-corrected chi connectivity index (χ4v) is 2.06. The lowest BCUT2D eigenvalue weighted by atomic mass is 10.0. The van der Waals surface area contributed by atoms with E-state index in [1.165, 1.54) is 24.5 Å². The molecular weight excluding hydrogens is 300 g/mol. The second-order valence-electron chi connectivity index (χ2n) is 4.77. The molecule has 23 heavy (non-hydrogen) atoms. The number of methoxy groups -OCH3 is 1. The van der Waals surface area contributed by atoms with Crippen LogP contribution in [0.1, 0.15) is 0 Å². The van der Waals surface area contributed by atoms with Gasteiger partial charge in [0.25, 0.3) is 0 Å². The molecule has 1 heterocycles. The topological polar surface area (TPSA) is 100 Å². The van der Waals surface area contributed by atoms with Crippen LogP contribution in [-0.2, 0) is 4.74 Å². The number of aromatic hydroxyl groups is 3. The average Bonchev–Trinajstić information content (AvgIpc) is 2.49. The predicted molar refractivity (Wildman–Crippen MR) is 85.8 cm³/mol. The molecule has 0 radical (unpaired) electrons. The Hall–Kier alpha value is -2.99. The molecule has 1 aromatic heterocycles. The van der Waals surface area contributed by atoms with Gasteiger partial charge in [0.05, 0.1) is 5.56 Å². The minimum atomic E-state index is -0.408. The zero-order valence-electron chi connectivity index (χ0n) is 12.6. The normalized spacial score (nSPS) is 10.2. The zero-order valence-corrected chi connectivity index (χ0v) is 12.6. The SMILES string of the molecule is COC.O=c1c(-c2ccc(O)cc2)coc2cc(O)cc(O)c12. The average molecular weight is 316 g/mol. The summed E-state index contributed by atoms with van der Waals surface area (Å²) >= 11 is 0. The molecule has 0 aliphatic heterocycles. The second kappa shape index (κ2) is 6.85. The van der Waals surface area contributed by atoms with Gasteiger partial charge in [0.1, 0.15) is 34.5 Å². The summed E-state index contributed by atoms with van der Waals surface area (Å²) in [6.07, 6.45) is 1.26. The Bertz CT molecular complexity index is 865. The lowest BCUT2D eigenvalue weighted by molar-refractivity contribution is 0.277. The van der Waals surface area contributed by atoms with Crippen LogP contribution in [-0.4, -0.2) is 29.5 Å². The Morgan fingerprint density at radius 3 is 2.17 bits per heavy atom. The Balaban J connectivity index is 0.000000595. The van der Waals surface area contributed by atoms with E-state index in [-0.39, 0.29) is 33.8 Å². The van der Waals surface area contributed by atoms with Crippen molar-refractivity contribution in [1.29, 1.82) is 0 Å². The summed E-state index contributed by atoms with van der Waals surface area (Å²) in [6.45, 7) is 0. The summed E-state index contributed by atoms with van der Waals surface area (Å²) in [5, 5.41) is 28.4. The number of benzene rings is 2. The molecular formula is C17H16O6. The van der Waals surface area contributed by atoms with Crippen LogP contribution in [0.4, 0.5) is 0 Å². The second-order valence-corrected chi connectivity index (χ2v) is 4.77. The lowest BCUT2D eigenvalue weighted by Gasteiger charge is -2.05. The van der Waals surface area contributed by atoms with Gasteiger partial charge in [0.2, 0.25) is 5.43 Å². The maximum Gasteiger partial charge on any atom is 0.204 e. The molecule has 0 amide bonds. The molecule has 0 saturated heterocycles. The van der Waals surface area contributed by atoms with E-state index in [9.17, 15) is 20.1 Å². The van der Waals surface area contributed by atoms with Gasteiger partial charge in [-0.2, -0.15) is 0 Å². The molecule has 3 N–H and O–H groups in total. The molecule has 2 aromatic carbocycles. The highest BCUT2D eigenvalue weighted by Crippen LogP contribution is 2.29. The third kappa shape index (κ3) is 3.44. The van der Waals surface area contributed by atoms with Gasteiger partial charge in [-0.25, -0.2) is 0 Å². The first-order valence-electron chi connectivity index (χ1n) is 6.65. The Kier molecular flexibility index (Phi) is 4.88. The molecule has 0 bridgehead atoms. The molecule has 0 spiro atoms. The van der Waals surface area contributed by atoms with Crippen molar-refractivity contribution < 1.29 is 24.5 Å². The van der Waals surface area contributed by atoms with E-state index in [1.807, 2.05) is 0 Å². The van der Waals surface area contributed by atoms with Crippen molar-refractivity contribution in [2.45, 2.75) is 0 Å². The fourth-order valence-electron chi connectivity index (χ4n) is 2.06. The predicted octanol–water partition coefficient (Wildman–Crippen LogP) is 2.84. The zero-order chi connectivity index (χ0) is 17.0. The van der Waals surface area contributed by atoms with Crippen molar-refractivity contribution in [3.8, 4) is 28.4 Å². The van der Waals surface area contributed by atoms with Crippen molar-refractivity contribution in [3.63, 3.8) is 0 Å². The molecule has 3 rings (SSSR count). The molecule has 0 aliphatic carbocycles. The molecule has 0 unspecified atom stereocenters. The van der Waals surface area contributed by atoms with Crippen molar-refractivity contribution in [3.05, 3.63) is 52.9 Å². The van der Waals surface area contributed by atoms with Crippen LogP contribution in [0, 0.1) is 0 Å². The third-order valence-electron chi connectivity index (χ3n) is 3.02. The van der Waals surface area contributed by atoms with Crippen molar-refractivity contribution in [1.82, 2.24) is 0 Å². The molecule has 6 heteroatoms. The summed E-state index contributed by atoms with van der Waals surface area (Å²) in [5.74, 6) is -0.434. The highest BCUT2D eigenvalue weighted by Gasteiger charge is 2.13. The molecule has 0 saturated carbocycles. The van der Waals surface area contributed by atoms with Crippen LogP contribution in [0.25, 0.3) is 22.1 Å². The van der Waals surface area contributed by atoms with Gasteiger partial charge in [0, 0.05) is 26.4 Å². The first-order chi connectivity index (χ1) is 11.0. The lowest BCUT2D eigenvalue weighted by Crippen LogP contribution is -2.04. The van der Waals surface area contributed by atoms with Crippen molar-refractivity contribution in [2.75, 3.05) is 14.2 Å². The Morgan fingerprint density at radius 1 is 0.957 bits per heavy atom. The van der Waals surface area contributed by atoms with Gasteiger partial charge >= 0.3 is 0 Å². The quantitative estimate of drug-likeness (QED) is 0.638. The van der Waals surface area contributed by atoms with Gasteiger partial charge < -0.3 is 24.5 Å². The maximum atomic E-state index is 12.4. The van der Waals surface area contributed by atoms with Crippen LogP contribution in [0.5, 0.6) is 17.2 Å². The van der Waals surface area contributed by atoms with Gasteiger partial charge in [-0.05, 0) is 17.7 Å². The van der Waals surface area contributed by atoms with Gasteiger partial charge in [-0.1, -0.05) is 12.1 Å². The Labute approximate surface area is 131 Å². The van der Waals surface area contributed by atoms with Crippen LogP contribution in [0.2, 0.25) is 0 Å². The third-order valence-corrected chi connectivity index (χ3v) is 3.02. The largest absolute Gasteiger partial charge is 0.508 e. The number of ether oxygens (including phenoxy) is 1. The number of hydrogen-bond donors (Lipinski definition) is 3. The van der Waals surface area contributed by atoms with Gasteiger partial charge in [-0.3, -0.25) is 4.79 Å². The minimum Gasteiger partial charge on any atom is -0.508 e. The monoisotopic (exact) mass is 316 g/mol. The summed E-state index contributed by atoms with van der Waals surface area (Å²) in [7, 11) is 3.25. The van der Waals surface area contributed by atoms with E-state index >= 15 is 0 Å². The standard InChI is InChI=1S/C15H10O5.C2H6O/c16-9-3-1-8(2-4-9)11-7-20-13-6-10(17)5-12(18)14(13)15(11)19;1-3-2/h1-7,16-18H;1-2H3. The number of phenols is 3. The number of hydrogen-bond acceptors (Lipinski definition) is 6. The van der Waals surface area contributed by atoms with Crippen molar-refractivity contribution in [2.24, 2.45) is 0 Å². The fraction of sp³-hybridized carbons (Fsp3) is 0.118. The van der Waals surface area contributed by atoms with Gasteiger partial charge in [-0.15, -0.1) is 0 Å². The van der Waals surface area contributed by atoms with E-state index in [0.717, 1.165) is 6.07 Å². The first kappa shape index (κ1) is 16.4. The molecule has 120 valence electrons. The molecule has 0 fully saturated rings. The summed E-state index contributed by atoms with van der Waals surface area (Å²) in [6, 6.07) is 8.40. The molecule has 6 nitrogen and oxygen atoms in total. The number of phenolic OH excluding ortho intramolecular Hbond substituents is 3. The molecule has 3 aromatic rings. The van der Waals surface area contributed by atoms with Gasteiger partial charge in [0.15, 0.2) is 0 Å². The highest BCUT2D eigenvalue weighted by atomic mass is 16.4. The molecule has 0 aliphatic rings. The van der Waals surface area contributed by atoms with Crippen LogP contribution in [0.15, 0.2) is 51.9 Å². The maximum absolute atomic E-state index is 12.4. The number of rotatable bonds is 1. The first-order valence-corrected chi connectivity index (χ1v) is 6.65. The summed E-state index contributed by atoms with van der Waals surface area (Å²) in [4.78, 5) is 12.4. The summed E-state index contributed by atoms with van der Waals surface area (Å²) in [5.41, 5.74) is 0.522. The van der Waals surface area contributed by atoms with Crippen molar-refractivity contribution >= 4 is 11.0 Å². The van der Waals surface area contributed by atoms with Crippen LogP contribution in [0.3, 0.4) is 0 Å². The van der Waals surface area contributed by atoms with Crippen LogP contribution >= 0.6 is 0 Å². The Morgan fingerprint density at radius 2 is 1.57 bits per heavy atom. The molecule has 0 atom stereocenters. The summed E-state index contributed by atoms with van der Waals surface area (Å²) < 4.78 is 9.54. The number of fused-ring (bicyclic) bond motifs is 1. The van der Waals surface area contributed by atoms with E-state index in [0.29, 0.717) is 5.56 Å². The van der Waals surface area contributed by atoms with E-state index < -0.39 is 5.43 Å². The van der Waals surface area contributed by atoms with Crippen LogP contribution < -0.4 is 5.43 Å². The smallest absolute Gasteiger partial charge is 0.204 e. The highest BCUT2D eigenvalue weighted by molar-refractivity contribution is 5.87. The van der Waals surface area contributed by atoms with E-state index in [1.54, 1.807) is 26.4 Å².